The molecule has 5 N–H and O–H groups in total. The van der Waals surface area contributed by atoms with Gasteiger partial charge in [-0.1, -0.05) is 17.7 Å². The number of imide groups is 1. The summed E-state index contributed by atoms with van der Waals surface area (Å²) in [5.41, 5.74) is 0.595. The fourth-order valence-electron chi connectivity index (χ4n) is 9.01. The third-order valence-electron chi connectivity index (χ3n) is 12.9. The lowest BCUT2D eigenvalue weighted by atomic mass is 9.83. The van der Waals surface area contributed by atoms with Crippen molar-refractivity contribution in [1.29, 1.82) is 0 Å². The van der Waals surface area contributed by atoms with Crippen molar-refractivity contribution in [2.24, 2.45) is 0 Å². The van der Waals surface area contributed by atoms with Gasteiger partial charge in [-0.25, -0.2) is 9.37 Å². The van der Waals surface area contributed by atoms with Crippen LogP contribution >= 0.6 is 11.6 Å². The summed E-state index contributed by atoms with van der Waals surface area (Å²) in [6.45, 7) is 6.44. The number of hydrogen-bond donors (Lipinski definition) is 5. The molecule has 17 nitrogen and oxygen atoms in total. The smallest absolute Gasteiger partial charge is 0.293 e. The number of nitrogens with one attached hydrogen (secondary N) is 4. The van der Waals surface area contributed by atoms with E-state index in [2.05, 4.69) is 31.2 Å². The van der Waals surface area contributed by atoms with Crippen LogP contribution in [-0.4, -0.2) is 106 Å². The third-order valence-corrected chi connectivity index (χ3v) is 13.2. The highest BCUT2D eigenvalue weighted by Crippen LogP contribution is 2.38. The SMILES string of the molecule is CNC(=O)COc1cc2cc(Nc3nc(N4CCC(OC5CCC5)CC4)ncc3Cl)ccc2n(C(C)C)c1=O.O=C1CCC(N2Cc3c(ccc(C4(O)CCNCC4)c3F)C2=O)C(=O)N1. The summed E-state index contributed by atoms with van der Waals surface area (Å²) in [6.07, 6.45) is 9.10. The molecule has 4 aliphatic heterocycles. The Kier molecular flexibility index (Phi) is 13.7. The first-order valence-corrected chi connectivity index (χ1v) is 22.7. The number of fused-ring (bicyclic) bond motifs is 2. The van der Waals surface area contributed by atoms with E-state index in [1.807, 2.05) is 32.0 Å². The van der Waals surface area contributed by atoms with Crippen LogP contribution in [0.25, 0.3) is 10.9 Å². The molecule has 4 fully saturated rings. The van der Waals surface area contributed by atoms with Crippen LogP contribution in [0.2, 0.25) is 5.02 Å². The average Bonchev–Trinajstić information content (AvgIpc) is 3.61. The van der Waals surface area contributed by atoms with Gasteiger partial charge >= 0.3 is 0 Å². The molecule has 2 aromatic heterocycles. The van der Waals surface area contributed by atoms with Gasteiger partial charge in [0.05, 0.1) is 36.1 Å². The lowest BCUT2D eigenvalue weighted by molar-refractivity contribution is -0.137. The molecule has 1 unspecified atom stereocenters. The van der Waals surface area contributed by atoms with E-state index in [0.717, 1.165) is 42.5 Å². The number of anilines is 3. The van der Waals surface area contributed by atoms with E-state index >= 15 is 4.39 Å². The molecule has 0 radical (unpaired) electrons. The van der Waals surface area contributed by atoms with Gasteiger partial charge in [-0.15, -0.1) is 0 Å². The van der Waals surface area contributed by atoms with Crippen LogP contribution in [0.1, 0.15) is 99.2 Å². The second-order valence-corrected chi connectivity index (χ2v) is 17.9. The molecule has 1 saturated carbocycles. The second kappa shape index (κ2) is 19.4. The summed E-state index contributed by atoms with van der Waals surface area (Å²) < 4.78 is 28.6. The fourth-order valence-corrected chi connectivity index (χ4v) is 9.15. The Morgan fingerprint density at radius 3 is 2.45 bits per heavy atom. The minimum Gasteiger partial charge on any atom is -0.478 e. The first-order chi connectivity index (χ1) is 31.2. The van der Waals surface area contributed by atoms with Crippen LogP contribution < -0.4 is 36.5 Å². The van der Waals surface area contributed by atoms with Crippen LogP contribution in [0.15, 0.2) is 47.4 Å². The van der Waals surface area contributed by atoms with Crippen LogP contribution in [0.5, 0.6) is 5.75 Å². The fraction of sp³-hybridized carbons (Fsp3) is 0.500. The van der Waals surface area contributed by atoms with Gasteiger partial charge in [-0.2, -0.15) is 4.98 Å². The molecule has 5 aliphatic rings. The standard InChI is InChI=1S/C28H35ClN6O4.C18H20FN3O4/c1-17(2)35-23-8-7-19(13-18(23)14-24(27(35)37)38-16-25(36)30-3)32-26-22(29)15-31-28(33-26)34-11-9-21(10-12-34)39-20-5-4-6-20;19-15-11-9-22(13-3-4-14(23)21-16(13)24)17(25)10(11)1-2-12(15)18(26)5-7-20-8-6-18/h7-8,13-15,17,20-21H,4-6,9-12,16H2,1-3H3,(H,30,36)(H,31,32,33);1-2,13,20,26H,3-9H2,(H,21,23,24). The minimum absolute atomic E-state index is 0.0333. The number of aromatic nitrogens is 3. The van der Waals surface area contributed by atoms with Gasteiger partial charge in [0.1, 0.15) is 16.9 Å². The van der Waals surface area contributed by atoms with Gasteiger partial charge in [0.25, 0.3) is 17.4 Å². The zero-order valence-corrected chi connectivity index (χ0v) is 37.5. The molecular formula is C46H55ClFN9O8. The normalized spacial score (nSPS) is 19.9. The predicted octanol–water partition coefficient (Wildman–Crippen LogP) is 4.59. The molecule has 0 spiro atoms. The lowest BCUT2D eigenvalue weighted by Gasteiger charge is -2.36. The highest BCUT2D eigenvalue weighted by molar-refractivity contribution is 6.33. The summed E-state index contributed by atoms with van der Waals surface area (Å²) in [5.74, 6) is -0.955. The van der Waals surface area contributed by atoms with Crippen molar-refractivity contribution >= 4 is 63.6 Å². The maximum atomic E-state index is 15.2. The summed E-state index contributed by atoms with van der Waals surface area (Å²) in [4.78, 5) is 73.5. The number of ether oxygens (including phenoxy) is 2. The molecule has 346 valence electrons. The Morgan fingerprint density at radius 1 is 1.03 bits per heavy atom. The number of rotatable bonds is 11. The molecule has 4 aromatic rings. The van der Waals surface area contributed by atoms with E-state index in [1.54, 1.807) is 16.8 Å². The first kappa shape index (κ1) is 45.9. The number of hydrogen-bond acceptors (Lipinski definition) is 13. The third kappa shape index (κ3) is 9.81. The molecule has 9 rings (SSSR count). The number of carbonyl (C=O) groups excluding carboxylic acids is 4. The van der Waals surface area contributed by atoms with Gasteiger partial charge in [0, 0.05) is 60.4 Å². The molecule has 3 saturated heterocycles. The highest BCUT2D eigenvalue weighted by Gasteiger charge is 2.43. The number of aliphatic hydroxyl groups is 1. The topological polar surface area (TPSA) is 209 Å². The minimum atomic E-state index is -1.25. The number of piperidine rings is 3. The second-order valence-electron chi connectivity index (χ2n) is 17.5. The van der Waals surface area contributed by atoms with E-state index in [0.29, 0.717) is 54.9 Å². The number of likely N-dealkylation sites (N-methyl/N-ethyl adjacent to an activating group) is 1. The van der Waals surface area contributed by atoms with Crippen molar-refractivity contribution < 1.29 is 38.1 Å². The number of benzene rings is 2. The molecule has 6 heterocycles. The van der Waals surface area contributed by atoms with E-state index in [4.69, 9.17) is 26.1 Å². The molecule has 1 aliphatic carbocycles. The van der Waals surface area contributed by atoms with Crippen LogP contribution in [-0.2, 0) is 31.3 Å². The van der Waals surface area contributed by atoms with Crippen molar-refractivity contribution in [3.8, 4) is 5.75 Å². The van der Waals surface area contributed by atoms with E-state index < -0.39 is 29.3 Å². The molecule has 65 heavy (non-hydrogen) atoms. The van der Waals surface area contributed by atoms with Crippen LogP contribution in [0.3, 0.4) is 0 Å². The summed E-state index contributed by atoms with van der Waals surface area (Å²) in [5, 5.41) is 23.2. The zero-order chi connectivity index (χ0) is 46.0. The van der Waals surface area contributed by atoms with Crippen molar-refractivity contribution in [3.63, 3.8) is 0 Å². The Morgan fingerprint density at radius 2 is 1.77 bits per heavy atom. The van der Waals surface area contributed by atoms with Gasteiger partial charge in [-0.3, -0.25) is 29.3 Å². The van der Waals surface area contributed by atoms with E-state index in [1.165, 1.54) is 43.3 Å². The number of halogens is 2. The summed E-state index contributed by atoms with van der Waals surface area (Å²) in [7, 11) is 1.52. The summed E-state index contributed by atoms with van der Waals surface area (Å²) >= 11 is 6.47. The number of pyridine rings is 1. The van der Waals surface area contributed by atoms with Crippen molar-refractivity contribution in [1.82, 2.24) is 35.4 Å². The van der Waals surface area contributed by atoms with E-state index in [-0.39, 0.29) is 71.8 Å². The molecule has 1 atom stereocenters. The zero-order valence-electron chi connectivity index (χ0n) is 36.8. The Bertz CT molecular complexity index is 2540. The van der Waals surface area contributed by atoms with Crippen molar-refractivity contribution in [3.05, 3.63) is 80.5 Å². The van der Waals surface area contributed by atoms with Crippen LogP contribution in [0, 0.1) is 5.82 Å². The van der Waals surface area contributed by atoms with Gasteiger partial charge < -0.3 is 44.9 Å². The number of nitrogens with zero attached hydrogens (tertiary/aromatic N) is 5. The molecule has 4 amide bonds. The van der Waals surface area contributed by atoms with E-state index in [9.17, 15) is 29.1 Å². The van der Waals surface area contributed by atoms with Gasteiger partial charge in [0.15, 0.2) is 18.2 Å². The van der Waals surface area contributed by atoms with Crippen molar-refractivity contribution in [2.45, 2.75) is 108 Å². The Labute approximate surface area is 380 Å². The molecular weight excluding hydrogens is 861 g/mol. The molecule has 0 bridgehead atoms. The molecule has 19 heteroatoms. The van der Waals surface area contributed by atoms with Gasteiger partial charge in [-0.05, 0) is 109 Å². The van der Waals surface area contributed by atoms with Crippen molar-refractivity contribution in [2.75, 3.05) is 50.1 Å². The molecule has 2 aromatic carbocycles. The largest absolute Gasteiger partial charge is 0.478 e. The Balaban J connectivity index is 0.000000192. The first-order valence-electron chi connectivity index (χ1n) is 22.3. The monoisotopic (exact) mass is 915 g/mol. The Hall–Kier alpha value is -5.69. The highest BCUT2D eigenvalue weighted by atomic mass is 35.5. The van der Waals surface area contributed by atoms with Crippen LogP contribution in [0.4, 0.5) is 21.8 Å². The average molecular weight is 916 g/mol. The number of amides is 4. The summed E-state index contributed by atoms with van der Waals surface area (Å²) in [6, 6.07) is 9.45. The maximum absolute atomic E-state index is 15.2. The number of carbonyl (C=O) groups is 4. The predicted molar refractivity (Wildman–Crippen MR) is 241 cm³/mol. The maximum Gasteiger partial charge on any atom is 0.293 e. The quantitative estimate of drug-likeness (QED) is 0.131. The lowest BCUT2D eigenvalue weighted by Crippen LogP contribution is -2.52. The van der Waals surface area contributed by atoms with Gasteiger partial charge in [0.2, 0.25) is 17.8 Å².